The minimum absolute atomic E-state index is 0.101. The van der Waals surface area contributed by atoms with Crippen LogP contribution in [0.2, 0.25) is 0 Å². The van der Waals surface area contributed by atoms with Crippen molar-refractivity contribution in [2.75, 3.05) is 18.5 Å². The second-order valence-electron chi connectivity index (χ2n) is 6.75. The summed E-state index contributed by atoms with van der Waals surface area (Å²) in [6, 6.07) is 7.09. The maximum atomic E-state index is 12.2. The summed E-state index contributed by atoms with van der Waals surface area (Å²) in [7, 11) is 0. The summed E-state index contributed by atoms with van der Waals surface area (Å²) < 4.78 is 5.50. The molecule has 5 nitrogen and oxygen atoms in total. The Labute approximate surface area is 143 Å². The van der Waals surface area contributed by atoms with E-state index >= 15 is 0 Å². The number of ether oxygens (including phenoxy) is 1. The first-order valence-electron chi connectivity index (χ1n) is 9.03. The van der Waals surface area contributed by atoms with E-state index in [-0.39, 0.29) is 23.8 Å². The summed E-state index contributed by atoms with van der Waals surface area (Å²) >= 11 is 0. The molecule has 1 heterocycles. The third kappa shape index (κ3) is 4.57. The molecule has 2 N–H and O–H groups in total. The fraction of sp³-hybridized carbons (Fsp3) is 0.579. The molecule has 1 atom stereocenters. The Morgan fingerprint density at radius 3 is 2.42 bits per heavy atom. The van der Waals surface area contributed by atoms with Gasteiger partial charge in [-0.3, -0.25) is 9.59 Å². The first-order chi connectivity index (χ1) is 11.7. The van der Waals surface area contributed by atoms with Crippen molar-refractivity contribution in [3.63, 3.8) is 0 Å². The standard InChI is InChI=1S/C19H26N2O3/c22-18(20-13-17-7-4-12-24-17)15-8-10-16(11-9-15)21-19(23)14-5-2-1-3-6-14/h8-11,14,17H,1-7,12-13H2,(H,20,22)(H,21,23)/t17-/m0/s1. The molecule has 0 aromatic heterocycles. The van der Waals surface area contributed by atoms with E-state index in [4.69, 9.17) is 4.74 Å². The second kappa shape index (κ2) is 8.29. The minimum atomic E-state index is -0.101. The second-order valence-corrected chi connectivity index (χ2v) is 6.75. The van der Waals surface area contributed by atoms with Crippen molar-refractivity contribution < 1.29 is 14.3 Å². The molecule has 2 fully saturated rings. The lowest BCUT2D eigenvalue weighted by atomic mass is 9.88. The SMILES string of the molecule is O=C(NC[C@@H]1CCCO1)c1ccc(NC(=O)C2CCCCC2)cc1. The number of nitrogens with one attached hydrogen (secondary N) is 2. The number of hydrogen-bond acceptors (Lipinski definition) is 3. The molecule has 0 spiro atoms. The molecule has 0 bridgehead atoms. The van der Waals surface area contributed by atoms with E-state index in [0.717, 1.165) is 50.8 Å². The van der Waals surface area contributed by atoms with Crippen LogP contribution < -0.4 is 10.6 Å². The number of hydrogen-bond donors (Lipinski definition) is 2. The minimum Gasteiger partial charge on any atom is -0.376 e. The third-order valence-electron chi connectivity index (χ3n) is 4.90. The average molecular weight is 330 g/mol. The normalized spacial score (nSPS) is 21.4. The van der Waals surface area contributed by atoms with Crippen molar-refractivity contribution in [1.29, 1.82) is 0 Å². The summed E-state index contributed by atoms with van der Waals surface area (Å²) in [6.45, 7) is 1.34. The van der Waals surface area contributed by atoms with Crippen LogP contribution in [0.15, 0.2) is 24.3 Å². The van der Waals surface area contributed by atoms with Gasteiger partial charge in [-0.25, -0.2) is 0 Å². The van der Waals surface area contributed by atoms with Gasteiger partial charge in [-0.15, -0.1) is 0 Å². The van der Waals surface area contributed by atoms with Crippen molar-refractivity contribution >= 4 is 17.5 Å². The Hall–Kier alpha value is -1.88. The van der Waals surface area contributed by atoms with Crippen molar-refractivity contribution in [2.45, 2.75) is 51.0 Å². The van der Waals surface area contributed by atoms with Crippen LogP contribution in [0.25, 0.3) is 0 Å². The molecule has 1 aromatic rings. The highest BCUT2D eigenvalue weighted by Crippen LogP contribution is 2.25. The zero-order valence-electron chi connectivity index (χ0n) is 14.1. The van der Waals surface area contributed by atoms with Crippen molar-refractivity contribution in [3.8, 4) is 0 Å². The lowest BCUT2D eigenvalue weighted by Gasteiger charge is -2.20. The van der Waals surface area contributed by atoms with E-state index in [1.54, 1.807) is 24.3 Å². The Morgan fingerprint density at radius 1 is 1.00 bits per heavy atom. The molecule has 5 heteroatoms. The Morgan fingerprint density at radius 2 is 1.75 bits per heavy atom. The Balaban J connectivity index is 1.48. The molecule has 0 radical (unpaired) electrons. The smallest absolute Gasteiger partial charge is 0.251 e. The topological polar surface area (TPSA) is 67.4 Å². The van der Waals surface area contributed by atoms with E-state index < -0.39 is 0 Å². The number of benzene rings is 1. The van der Waals surface area contributed by atoms with E-state index in [1.165, 1.54) is 6.42 Å². The van der Waals surface area contributed by atoms with Gasteiger partial charge in [0.05, 0.1) is 6.10 Å². The molecule has 2 amide bonds. The highest BCUT2D eigenvalue weighted by Gasteiger charge is 2.21. The molecule has 3 rings (SSSR count). The monoisotopic (exact) mass is 330 g/mol. The number of amides is 2. The number of rotatable bonds is 5. The molecule has 2 aliphatic rings. The number of anilines is 1. The summed E-state index contributed by atoms with van der Waals surface area (Å²) in [4.78, 5) is 24.4. The first kappa shape index (κ1) is 17.0. The highest BCUT2D eigenvalue weighted by molar-refractivity contribution is 5.96. The van der Waals surface area contributed by atoms with Crippen LogP contribution in [0.3, 0.4) is 0 Å². The Bertz CT molecular complexity index is 558. The zero-order valence-corrected chi connectivity index (χ0v) is 14.1. The zero-order chi connectivity index (χ0) is 16.8. The average Bonchev–Trinajstić information content (AvgIpc) is 3.14. The van der Waals surface area contributed by atoms with Gasteiger partial charge in [0.15, 0.2) is 0 Å². The van der Waals surface area contributed by atoms with Crippen molar-refractivity contribution in [2.24, 2.45) is 5.92 Å². The number of carbonyl (C=O) groups is 2. The summed E-state index contributed by atoms with van der Waals surface area (Å²) in [5, 5.41) is 5.87. The largest absolute Gasteiger partial charge is 0.376 e. The van der Waals surface area contributed by atoms with E-state index in [0.29, 0.717) is 12.1 Å². The molecule has 130 valence electrons. The van der Waals surface area contributed by atoms with Crippen LogP contribution in [-0.2, 0) is 9.53 Å². The van der Waals surface area contributed by atoms with Gasteiger partial charge >= 0.3 is 0 Å². The Kier molecular flexibility index (Phi) is 5.86. The van der Waals surface area contributed by atoms with Crippen LogP contribution in [0.5, 0.6) is 0 Å². The fourth-order valence-electron chi connectivity index (χ4n) is 3.43. The van der Waals surface area contributed by atoms with E-state index in [1.807, 2.05) is 0 Å². The fourth-order valence-corrected chi connectivity index (χ4v) is 3.43. The van der Waals surface area contributed by atoms with Gasteiger partial charge in [-0.1, -0.05) is 19.3 Å². The summed E-state index contributed by atoms with van der Waals surface area (Å²) in [5.74, 6) is 0.133. The van der Waals surface area contributed by atoms with E-state index in [2.05, 4.69) is 10.6 Å². The molecular weight excluding hydrogens is 304 g/mol. The molecule has 1 saturated heterocycles. The van der Waals surface area contributed by atoms with Gasteiger partial charge in [0.25, 0.3) is 5.91 Å². The quantitative estimate of drug-likeness (QED) is 0.872. The van der Waals surface area contributed by atoms with Gasteiger partial charge < -0.3 is 15.4 Å². The molecule has 0 unspecified atom stereocenters. The van der Waals surface area contributed by atoms with Gasteiger partial charge in [-0.2, -0.15) is 0 Å². The molecular formula is C19H26N2O3. The maximum Gasteiger partial charge on any atom is 0.251 e. The predicted molar refractivity (Wildman–Crippen MR) is 93.0 cm³/mol. The van der Waals surface area contributed by atoms with E-state index in [9.17, 15) is 9.59 Å². The van der Waals surface area contributed by atoms with Gasteiger partial charge in [0, 0.05) is 30.3 Å². The predicted octanol–water partition coefficient (Wildman–Crippen LogP) is 3.11. The number of carbonyl (C=O) groups excluding carboxylic acids is 2. The van der Waals surface area contributed by atoms with Crippen LogP contribution in [0, 0.1) is 5.92 Å². The van der Waals surface area contributed by atoms with Crippen LogP contribution in [0.1, 0.15) is 55.3 Å². The van der Waals surface area contributed by atoms with Gasteiger partial charge in [0.1, 0.15) is 0 Å². The third-order valence-corrected chi connectivity index (χ3v) is 4.90. The molecule has 1 aliphatic carbocycles. The van der Waals surface area contributed by atoms with Crippen LogP contribution in [-0.4, -0.2) is 31.1 Å². The van der Waals surface area contributed by atoms with Crippen molar-refractivity contribution in [1.82, 2.24) is 5.32 Å². The highest BCUT2D eigenvalue weighted by atomic mass is 16.5. The molecule has 1 aliphatic heterocycles. The van der Waals surface area contributed by atoms with Gasteiger partial charge in [-0.05, 0) is 49.9 Å². The van der Waals surface area contributed by atoms with Crippen LogP contribution in [0.4, 0.5) is 5.69 Å². The molecule has 1 aromatic carbocycles. The summed E-state index contributed by atoms with van der Waals surface area (Å²) in [6.07, 6.45) is 7.69. The molecule has 24 heavy (non-hydrogen) atoms. The maximum absolute atomic E-state index is 12.2. The lowest BCUT2D eigenvalue weighted by molar-refractivity contribution is -0.120. The lowest BCUT2D eigenvalue weighted by Crippen LogP contribution is -2.31. The first-order valence-corrected chi connectivity index (χ1v) is 9.03. The molecule has 1 saturated carbocycles. The van der Waals surface area contributed by atoms with Gasteiger partial charge in [0.2, 0.25) is 5.91 Å². The summed E-state index contributed by atoms with van der Waals surface area (Å²) in [5.41, 5.74) is 1.35. The van der Waals surface area contributed by atoms with Crippen LogP contribution >= 0.6 is 0 Å². The van der Waals surface area contributed by atoms with Crippen molar-refractivity contribution in [3.05, 3.63) is 29.8 Å².